The SMILES string of the molecule is COc1ccc2nc(-c3cccc(C)c3)oc(=O)c2c1. The van der Waals surface area contributed by atoms with E-state index in [0.29, 0.717) is 22.5 Å². The third-order valence-electron chi connectivity index (χ3n) is 3.10. The third kappa shape index (κ3) is 2.16. The number of fused-ring (bicyclic) bond motifs is 1. The molecule has 0 unspecified atom stereocenters. The monoisotopic (exact) mass is 267 g/mol. The zero-order chi connectivity index (χ0) is 14.1. The third-order valence-corrected chi connectivity index (χ3v) is 3.10. The van der Waals surface area contributed by atoms with Gasteiger partial charge in [0.2, 0.25) is 5.89 Å². The molecule has 0 amide bonds. The van der Waals surface area contributed by atoms with Crippen molar-refractivity contribution in [3.8, 4) is 17.2 Å². The Balaban J connectivity index is 2.22. The maximum atomic E-state index is 12.1. The van der Waals surface area contributed by atoms with Crippen molar-refractivity contribution in [2.24, 2.45) is 0 Å². The molecule has 0 spiro atoms. The summed E-state index contributed by atoms with van der Waals surface area (Å²) in [6, 6.07) is 12.8. The summed E-state index contributed by atoms with van der Waals surface area (Å²) in [5.41, 5.74) is 2.06. The first-order chi connectivity index (χ1) is 9.67. The first-order valence-electron chi connectivity index (χ1n) is 6.23. The van der Waals surface area contributed by atoms with Gasteiger partial charge in [-0.1, -0.05) is 17.7 Å². The Hall–Kier alpha value is -2.62. The zero-order valence-corrected chi connectivity index (χ0v) is 11.2. The predicted molar refractivity (Wildman–Crippen MR) is 77.0 cm³/mol. The normalized spacial score (nSPS) is 10.7. The minimum atomic E-state index is -0.412. The Morgan fingerprint density at radius 2 is 2.00 bits per heavy atom. The molecule has 0 saturated carbocycles. The van der Waals surface area contributed by atoms with E-state index >= 15 is 0 Å². The highest BCUT2D eigenvalue weighted by Crippen LogP contribution is 2.21. The molecule has 20 heavy (non-hydrogen) atoms. The summed E-state index contributed by atoms with van der Waals surface area (Å²) in [5.74, 6) is 0.936. The van der Waals surface area contributed by atoms with Crippen LogP contribution in [0.1, 0.15) is 5.56 Å². The molecule has 0 bridgehead atoms. The van der Waals surface area contributed by atoms with Crippen LogP contribution < -0.4 is 10.4 Å². The van der Waals surface area contributed by atoms with Crippen molar-refractivity contribution in [1.29, 1.82) is 0 Å². The number of rotatable bonds is 2. The minimum absolute atomic E-state index is 0.330. The van der Waals surface area contributed by atoms with Gasteiger partial charge < -0.3 is 9.15 Å². The number of aromatic nitrogens is 1. The van der Waals surface area contributed by atoms with E-state index in [1.807, 2.05) is 31.2 Å². The van der Waals surface area contributed by atoms with Crippen LogP contribution in [0.15, 0.2) is 51.7 Å². The fraction of sp³-hybridized carbons (Fsp3) is 0.125. The average Bonchev–Trinajstić information content (AvgIpc) is 2.47. The Bertz CT molecular complexity index is 836. The van der Waals surface area contributed by atoms with E-state index in [4.69, 9.17) is 9.15 Å². The molecule has 2 aromatic carbocycles. The molecular weight excluding hydrogens is 254 g/mol. The number of benzene rings is 2. The highest BCUT2D eigenvalue weighted by molar-refractivity contribution is 5.80. The van der Waals surface area contributed by atoms with E-state index in [0.717, 1.165) is 11.1 Å². The van der Waals surface area contributed by atoms with Crippen LogP contribution in [-0.2, 0) is 0 Å². The molecule has 0 saturated heterocycles. The molecule has 0 atom stereocenters. The van der Waals surface area contributed by atoms with Crippen LogP contribution in [0.3, 0.4) is 0 Å². The highest BCUT2D eigenvalue weighted by atomic mass is 16.5. The van der Waals surface area contributed by atoms with Crippen LogP contribution in [0.4, 0.5) is 0 Å². The van der Waals surface area contributed by atoms with Crippen molar-refractivity contribution >= 4 is 10.9 Å². The van der Waals surface area contributed by atoms with Gasteiger partial charge in [0.1, 0.15) is 5.75 Å². The van der Waals surface area contributed by atoms with Crippen LogP contribution >= 0.6 is 0 Å². The first-order valence-corrected chi connectivity index (χ1v) is 6.23. The number of ether oxygens (including phenoxy) is 1. The van der Waals surface area contributed by atoms with E-state index in [9.17, 15) is 4.79 Å². The second-order valence-electron chi connectivity index (χ2n) is 4.56. The molecule has 4 heteroatoms. The van der Waals surface area contributed by atoms with Crippen molar-refractivity contribution in [3.63, 3.8) is 0 Å². The van der Waals surface area contributed by atoms with Gasteiger partial charge in [-0.3, -0.25) is 0 Å². The summed E-state index contributed by atoms with van der Waals surface area (Å²) in [6.07, 6.45) is 0. The van der Waals surface area contributed by atoms with Gasteiger partial charge in [-0.05, 0) is 37.3 Å². The van der Waals surface area contributed by atoms with E-state index in [-0.39, 0.29) is 0 Å². The van der Waals surface area contributed by atoms with Crippen molar-refractivity contribution in [3.05, 3.63) is 58.4 Å². The van der Waals surface area contributed by atoms with Crippen molar-refractivity contribution in [2.75, 3.05) is 7.11 Å². The van der Waals surface area contributed by atoms with Crippen molar-refractivity contribution < 1.29 is 9.15 Å². The molecular formula is C16H13NO3. The van der Waals surface area contributed by atoms with Crippen LogP contribution in [-0.4, -0.2) is 12.1 Å². The lowest BCUT2D eigenvalue weighted by molar-refractivity contribution is 0.415. The summed E-state index contributed by atoms with van der Waals surface area (Å²) in [4.78, 5) is 16.5. The molecule has 0 aliphatic heterocycles. The fourth-order valence-electron chi connectivity index (χ4n) is 2.08. The Labute approximate surface area is 115 Å². The second-order valence-corrected chi connectivity index (χ2v) is 4.56. The highest BCUT2D eigenvalue weighted by Gasteiger charge is 2.09. The van der Waals surface area contributed by atoms with E-state index in [1.54, 1.807) is 25.3 Å². The molecule has 0 aliphatic rings. The average molecular weight is 267 g/mol. The summed E-state index contributed by atoms with van der Waals surface area (Å²) in [5, 5.41) is 0.417. The molecule has 4 nitrogen and oxygen atoms in total. The molecule has 0 fully saturated rings. The summed E-state index contributed by atoms with van der Waals surface area (Å²) in [6.45, 7) is 1.98. The maximum Gasteiger partial charge on any atom is 0.347 e. The molecule has 1 aromatic heterocycles. The molecule has 3 rings (SSSR count). The molecule has 0 N–H and O–H groups in total. The van der Waals surface area contributed by atoms with Crippen LogP contribution in [0, 0.1) is 6.92 Å². The van der Waals surface area contributed by atoms with Gasteiger partial charge >= 0.3 is 5.63 Å². The first kappa shape index (κ1) is 12.4. The Morgan fingerprint density at radius 1 is 1.15 bits per heavy atom. The standard InChI is InChI=1S/C16H13NO3/c1-10-4-3-5-11(8-10)15-17-14-7-6-12(19-2)9-13(14)16(18)20-15/h3-9H,1-2H3. The number of nitrogens with zero attached hydrogens (tertiary/aromatic N) is 1. The lowest BCUT2D eigenvalue weighted by Gasteiger charge is -2.04. The molecule has 1 heterocycles. The summed E-state index contributed by atoms with van der Waals surface area (Å²) < 4.78 is 10.4. The van der Waals surface area contributed by atoms with Crippen LogP contribution in [0.25, 0.3) is 22.4 Å². The van der Waals surface area contributed by atoms with Gasteiger partial charge in [0.25, 0.3) is 0 Å². The van der Waals surface area contributed by atoms with E-state index in [2.05, 4.69) is 4.98 Å². The topological polar surface area (TPSA) is 52.3 Å². The zero-order valence-electron chi connectivity index (χ0n) is 11.2. The van der Waals surface area contributed by atoms with Gasteiger partial charge in [0.05, 0.1) is 18.0 Å². The summed E-state index contributed by atoms with van der Waals surface area (Å²) in [7, 11) is 1.55. The molecule has 100 valence electrons. The van der Waals surface area contributed by atoms with E-state index in [1.165, 1.54) is 0 Å². The van der Waals surface area contributed by atoms with Crippen molar-refractivity contribution in [1.82, 2.24) is 4.98 Å². The van der Waals surface area contributed by atoms with Gasteiger partial charge in [-0.15, -0.1) is 0 Å². The summed E-state index contributed by atoms with van der Waals surface area (Å²) >= 11 is 0. The predicted octanol–water partition coefficient (Wildman–Crippen LogP) is 3.17. The number of aryl methyl sites for hydroxylation is 1. The lowest BCUT2D eigenvalue weighted by atomic mass is 10.1. The molecule has 0 radical (unpaired) electrons. The van der Waals surface area contributed by atoms with Gasteiger partial charge in [-0.2, -0.15) is 0 Å². The quantitative estimate of drug-likeness (QED) is 0.715. The smallest absolute Gasteiger partial charge is 0.347 e. The van der Waals surface area contributed by atoms with E-state index < -0.39 is 5.63 Å². The van der Waals surface area contributed by atoms with Gasteiger partial charge in [0.15, 0.2) is 0 Å². The second kappa shape index (κ2) is 4.81. The molecule has 0 aliphatic carbocycles. The lowest BCUT2D eigenvalue weighted by Crippen LogP contribution is -2.03. The fourth-order valence-corrected chi connectivity index (χ4v) is 2.08. The molecule has 3 aromatic rings. The minimum Gasteiger partial charge on any atom is -0.497 e. The Morgan fingerprint density at radius 3 is 2.75 bits per heavy atom. The maximum absolute atomic E-state index is 12.1. The number of hydrogen-bond donors (Lipinski definition) is 0. The number of methoxy groups -OCH3 is 1. The van der Waals surface area contributed by atoms with Crippen LogP contribution in [0.2, 0.25) is 0 Å². The number of hydrogen-bond acceptors (Lipinski definition) is 4. The largest absolute Gasteiger partial charge is 0.497 e. The van der Waals surface area contributed by atoms with Crippen molar-refractivity contribution in [2.45, 2.75) is 6.92 Å². The van der Waals surface area contributed by atoms with Gasteiger partial charge in [-0.25, -0.2) is 9.78 Å². The van der Waals surface area contributed by atoms with Gasteiger partial charge in [0, 0.05) is 5.56 Å². The van der Waals surface area contributed by atoms with Crippen LogP contribution in [0.5, 0.6) is 5.75 Å². The Kier molecular flexibility index (Phi) is 2.99.